The van der Waals surface area contributed by atoms with Gasteiger partial charge in [0, 0.05) is 12.6 Å². The molecule has 1 N–H and O–H groups in total. The molecule has 2 aromatic carbocycles. The fourth-order valence-electron chi connectivity index (χ4n) is 2.35. The minimum Gasteiger partial charge on any atom is -0.435 e. The van der Waals surface area contributed by atoms with Gasteiger partial charge in [-0.1, -0.05) is 16.6 Å². The van der Waals surface area contributed by atoms with Crippen LogP contribution in [0.4, 0.5) is 8.78 Å². The molecule has 10 heteroatoms. The van der Waals surface area contributed by atoms with E-state index in [0.717, 1.165) is 0 Å². The first kappa shape index (κ1) is 21.7. The van der Waals surface area contributed by atoms with Gasteiger partial charge in [-0.2, -0.15) is 8.78 Å². The lowest BCUT2D eigenvalue weighted by Gasteiger charge is -2.16. The summed E-state index contributed by atoms with van der Waals surface area (Å²) in [4.78, 5) is 17.1. The van der Waals surface area contributed by atoms with Crippen molar-refractivity contribution in [1.29, 1.82) is 0 Å². The Morgan fingerprint density at radius 3 is 2.36 bits per heavy atom. The molecular formula is C18H20F2N2O5S. The van der Waals surface area contributed by atoms with Gasteiger partial charge in [-0.3, -0.25) is 9.63 Å². The highest BCUT2D eigenvalue weighted by Crippen LogP contribution is 2.21. The third-order valence-corrected chi connectivity index (χ3v) is 5.63. The SMILES string of the molecule is CON(C)S(=O)(=O)c1ccc(C(=O)NC(C)c2cccc(OC(F)F)c2)cc1. The van der Waals surface area contributed by atoms with Crippen LogP contribution >= 0.6 is 0 Å². The topological polar surface area (TPSA) is 84.9 Å². The summed E-state index contributed by atoms with van der Waals surface area (Å²) in [7, 11) is -1.33. The van der Waals surface area contributed by atoms with Crippen molar-refractivity contribution in [1.82, 2.24) is 9.79 Å². The number of nitrogens with one attached hydrogen (secondary N) is 1. The summed E-state index contributed by atoms with van der Waals surface area (Å²) >= 11 is 0. The molecule has 0 saturated carbocycles. The Kier molecular flexibility index (Phi) is 7.05. The number of amides is 1. The van der Waals surface area contributed by atoms with Crippen molar-refractivity contribution >= 4 is 15.9 Å². The number of carbonyl (C=O) groups is 1. The number of benzene rings is 2. The Morgan fingerprint density at radius 1 is 1.14 bits per heavy atom. The molecule has 0 fully saturated rings. The zero-order valence-electron chi connectivity index (χ0n) is 15.4. The number of halogens is 2. The molecular weight excluding hydrogens is 394 g/mol. The summed E-state index contributed by atoms with van der Waals surface area (Å²) in [6, 6.07) is 10.8. The maximum atomic E-state index is 12.4. The molecule has 0 aliphatic rings. The summed E-state index contributed by atoms with van der Waals surface area (Å²) in [5.41, 5.74) is 0.818. The van der Waals surface area contributed by atoms with Crippen molar-refractivity contribution in [2.45, 2.75) is 24.5 Å². The van der Waals surface area contributed by atoms with Crippen LogP contribution in [0.3, 0.4) is 0 Å². The zero-order valence-corrected chi connectivity index (χ0v) is 16.2. The molecule has 152 valence electrons. The molecule has 0 spiro atoms. The maximum absolute atomic E-state index is 12.4. The van der Waals surface area contributed by atoms with Crippen LogP contribution in [-0.4, -0.2) is 39.6 Å². The van der Waals surface area contributed by atoms with E-state index in [1.807, 2.05) is 0 Å². The number of nitrogens with zero attached hydrogens (tertiary/aromatic N) is 1. The Bertz CT molecular complexity index is 920. The molecule has 0 aliphatic heterocycles. The van der Waals surface area contributed by atoms with Crippen LogP contribution in [0, 0.1) is 0 Å². The highest BCUT2D eigenvalue weighted by Gasteiger charge is 2.21. The number of ether oxygens (including phenoxy) is 1. The summed E-state index contributed by atoms with van der Waals surface area (Å²) in [6.07, 6.45) is 0. The Hall–Kier alpha value is -2.56. The number of alkyl halides is 2. The number of hydrogen-bond donors (Lipinski definition) is 1. The van der Waals surface area contributed by atoms with Crippen LogP contribution in [0.25, 0.3) is 0 Å². The van der Waals surface area contributed by atoms with Crippen LogP contribution in [0.5, 0.6) is 5.75 Å². The van der Waals surface area contributed by atoms with Crippen LogP contribution in [0.15, 0.2) is 53.4 Å². The van der Waals surface area contributed by atoms with Crippen molar-refractivity contribution < 1.29 is 31.6 Å². The van der Waals surface area contributed by atoms with E-state index in [1.165, 1.54) is 50.6 Å². The van der Waals surface area contributed by atoms with Crippen molar-refractivity contribution in [3.63, 3.8) is 0 Å². The molecule has 2 rings (SSSR count). The third kappa shape index (κ3) is 5.24. The predicted octanol–water partition coefficient (Wildman–Crippen LogP) is 2.96. The number of carbonyl (C=O) groups excluding carboxylic acids is 1. The second kappa shape index (κ2) is 9.09. The van der Waals surface area contributed by atoms with E-state index in [2.05, 4.69) is 10.1 Å². The monoisotopic (exact) mass is 414 g/mol. The van der Waals surface area contributed by atoms with Gasteiger partial charge in [-0.05, 0) is 48.9 Å². The minimum absolute atomic E-state index is 0.00887. The zero-order chi connectivity index (χ0) is 20.9. The summed E-state index contributed by atoms with van der Waals surface area (Å²) < 4.78 is 54.0. The molecule has 2 aromatic rings. The Balaban J connectivity index is 2.10. The summed E-state index contributed by atoms with van der Waals surface area (Å²) in [6.45, 7) is -1.25. The average Bonchev–Trinajstić information content (AvgIpc) is 2.67. The van der Waals surface area contributed by atoms with Gasteiger partial charge in [0.25, 0.3) is 15.9 Å². The van der Waals surface area contributed by atoms with E-state index in [9.17, 15) is 22.0 Å². The lowest BCUT2D eigenvalue weighted by Crippen LogP contribution is -2.27. The first-order valence-electron chi connectivity index (χ1n) is 8.14. The quantitative estimate of drug-likeness (QED) is 0.672. The molecule has 0 aliphatic carbocycles. The highest BCUT2D eigenvalue weighted by atomic mass is 32.2. The maximum Gasteiger partial charge on any atom is 0.387 e. The predicted molar refractivity (Wildman–Crippen MR) is 97.4 cm³/mol. The molecule has 7 nitrogen and oxygen atoms in total. The van der Waals surface area contributed by atoms with E-state index >= 15 is 0 Å². The van der Waals surface area contributed by atoms with Crippen LogP contribution in [-0.2, 0) is 14.9 Å². The molecule has 0 bridgehead atoms. The van der Waals surface area contributed by atoms with Crippen LogP contribution in [0.1, 0.15) is 28.9 Å². The number of sulfonamides is 1. The van der Waals surface area contributed by atoms with Crippen LogP contribution < -0.4 is 10.1 Å². The Morgan fingerprint density at radius 2 is 1.79 bits per heavy atom. The fourth-order valence-corrected chi connectivity index (χ4v) is 3.32. The lowest BCUT2D eigenvalue weighted by atomic mass is 10.1. The van der Waals surface area contributed by atoms with E-state index in [1.54, 1.807) is 19.1 Å². The third-order valence-electron chi connectivity index (χ3n) is 3.94. The van der Waals surface area contributed by atoms with Gasteiger partial charge in [0.05, 0.1) is 18.0 Å². The molecule has 0 heterocycles. The van der Waals surface area contributed by atoms with Crippen molar-refractivity contribution in [3.8, 4) is 5.75 Å². The average molecular weight is 414 g/mol. The van der Waals surface area contributed by atoms with Crippen LogP contribution in [0.2, 0.25) is 0 Å². The van der Waals surface area contributed by atoms with E-state index in [-0.39, 0.29) is 16.2 Å². The van der Waals surface area contributed by atoms with Gasteiger partial charge < -0.3 is 10.1 Å². The van der Waals surface area contributed by atoms with Crippen molar-refractivity contribution in [3.05, 3.63) is 59.7 Å². The molecule has 1 amide bonds. The Labute approximate surface area is 161 Å². The number of hydroxylamine groups is 1. The van der Waals surface area contributed by atoms with E-state index in [0.29, 0.717) is 10.0 Å². The van der Waals surface area contributed by atoms with E-state index < -0.39 is 28.6 Å². The van der Waals surface area contributed by atoms with Gasteiger partial charge in [0.15, 0.2) is 0 Å². The second-order valence-electron chi connectivity index (χ2n) is 5.77. The molecule has 1 unspecified atom stereocenters. The van der Waals surface area contributed by atoms with Gasteiger partial charge in [-0.15, -0.1) is 0 Å². The smallest absolute Gasteiger partial charge is 0.387 e. The molecule has 0 saturated heterocycles. The summed E-state index contributed by atoms with van der Waals surface area (Å²) in [5, 5.41) is 2.72. The molecule has 0 aromatic heterocycles. The largest absolute Gasteiger partial charge is 0.435 e. The standard InChI is InChI=1S/C18H20F2N2O5S/c1-12(14-5-4-6-15(11-14)27-18(19)20)21-17(23)13-7-9-16(10-8-13)28(24,25)22(2)26-3/h4-12,18H,1-3H3,(H,21,23). The summed E-state index contributed by atoms with van der Waals surface area (Å²) in [5.74, 6) is -0.456. The second-order valence-corrected chi connectivity index (χ2v) is 7.70. The molecule has 1 atom stereocenters. The first-order chi connectivity index (χ1) is 13.1. The van der Waals surface area contributed by atoms with Crippen molar-refractivity contribution in [2.75, 3.05) is 14.2 Å². The van der Waals surface area contributed by atoms with Gasteiger partial charge in [0.1, 0.15) is 5.75 Å². The van der Waals surface area contributed by atoms with Gasteiger partial charge in [0.2, 0.25) is 0 Å². The fraction of sp³-hybridized carbons (Fsp3) is 0.278. The normalized spacial score (nSPS) is 12.8. The molecule has 28 heavy (non-hydrogen) atoms. The molecule has 0 radical (unpaired) electrons. The van der Waals surface area contributed by atoms with Gasteiger partial charge >= 0.3 is 6.61 Å². The lowest BCUT2D eigenvalue weighted by molar-refractivity contribution is -0.0499. The number of rotatable bonds is 8. The van der Waals surface area contributed by atoms with Crippen molar-refractivity contribution in [2.24, 2.45) is 0 Å². The minimum atomic E-state index is -3.81. The highest BCUT2D eigenvalue weighted by molar-refractivity contribution is 7.89. The van der Waals surface area contributed by atoms with E-state index in [4.69, 9.17) is 4.84 Å². The van der Waals surface area contributed by atoms with Gasteiger partial charge in [-0.25, -0.2) is 8.42 Å². The number of hydrogen-bond acceptors (Lipinski definition) is 5. The first-order valence-corrected chi connectivity index (χ1v) is 9.58.